The summed E-state index contributed by atoms with van der Waals surface area (Å²) in [6.07, 6.45) is 3.43. The van der Waals surface area contributed by atoms with Crippen LogP contribution < -0.4 is 20.1 Å². The number of rotatable bonds is 7. The first-order valence-electron chi connectivity index (χ1n) is 8.05. The summed E-state index contributed by atoms with van der Waals surface area (Å²) in [5.41, 5.74) is 2.32. The Balaban J connectivity index is 2.00. The van der Waals surface area contributed by atoms with Gasteiger partial charge in [0.25, 0.3) is 0 Å². The van der Waals surface area contributed by atoms with E-state index in [4.69, 9.17) is 9.47 Å². The first kappa shape index (κ1) is 19.1. The molecule has 0 atom stereocenters. The minimum absolute atomic E-state index is 0.0570. The molecule has 2 aromatic carbocycles. The maximum atomic E-state index is 12.1. The molecule has 2 N–H and O–H groups in total. The highest BCUT2D eigenvalue weighted by molar-refractivity contribution is 6.02. The van der Waals surface area contributed by atoms with Gasteiger partial charge in [0.2, 0.25) is 11.8 Å². The quantitative estimate of drug-likeness (QED) is 0.750. The molecule has 2 aromatic rings. The molecule has 0 saturated heterocycles. The third-order valence-corrected chi connectivity index (χ3v) is 3.67. The van der Waals surface area contributed by atoms with Crippen molar-refractivity contribution >= 4 is 23.6 Å². The summed E-state index contributed by atoms with van der Waals surface area (Å²) in [5, 5.41) is 5.35. The summed E-state index contributed by atoms with van der Waals surface area (Å²) in [5.74, 6) is 0.983. The molecule has 0 radical (unpaired) electrons. The largest absolute Gasteiger partial charge is 0.497 e. The van der Waals surface area contributed by atoms with Gasteiger partial charge in [0.15, 0.2) is 0 Å². The second-order valence-electron chi connectivity index (χ2n) is 5.52. The molecule has 6 nitrogen and oxygen atoms in total. The number of ether oxygens (including phenoxy) is 2. The van der Waals surface area contributed by atoms with Gasteiger partial charge in [0.05, 0.1) is 20.6 Å². The average molecular weight is 354 g/mol. The standard InChI is InChI=1S/C20H22N2O4/c1-21-20(24)12-14-4-7-16(8-5-14)22-19(23)9-6-15-10-17(25-2)13-18(11-15)26-3/h4-11,13H,12H2,1-3H3,(H,21,24)(H,22,23)/b9-6+. The molecular formula is C20H22N2O4. The lowest BCUT2D eigenvalue weighted by Gasteiger charge is -2.06. The zero-order chi connectivity index (χ0) is 18.9. The third kappa shape index (κ3) is 5.66. The molecule has 0 aliphatic carbocycles. The van der Waals surface area contributed by atoms with Crippen LogP contribution in [0.25, 0.3) is 6.08 Å². The second-order valence-corrected chi connectivity index (χ2v) is 5.52. The number of likely N-dealkylation sites (N-methyl/N-ethyl adjacent to an activating group) is 1. The van der Waals surface area contributed by atoms with E-state index in [0.717, 1.165) is 11.1 Å². The van der Waals surface area contributed by atoms with Crippen LogP contribution in [0.1, 0.15) is 11.1 Å². The van der Waals surface area contributed by atoms with Crippen LogP contribution >= 0.6 is 0 Å². The van der Waals surface area contributed by atoms with Gasteiger partial charge in [-0.15, -0.1) is 0 Å². The average Bonchev–Trinajstić information content (AvgIpc) is 2.67. The molecule has 0 unspecified atom stereocenters. The number of nitrogens with one attached hydrogen (secondary N) is 2. The van der Waals surface area contributed by atoms with Crippen molar-refractivity contribution in [3.63, 3.8) is 0 Å². The van der Waals surface area contributed by atoms with Crippen molar-refractivity contribution in [3.05, 3.63) is 59.7 Å². The van der Waals surface area contributed by atoms with Gasteiger partial charge in [-0.05, 0) is 41.5 Å². The van der Waals surface area contributed by atoms with E-state index in [1.54, 1.807) is 57.7 Å². The van der Waals surface area contributed by atoms with Crippen molar-refractivity contribution in [2.45, 2.75) is 6.42 Å². The maximum Gasteiger partial charge on any atom is 0.248 e. The van der Waals surface area contributed by atoms with Crippen LogP contribution in [0.15, 0.2) is 48.5 Å². The van der Waals surface area contributed by atoms with Crippen molar-refractivity contribution in [1.82, 2.24) is 5.32 Å². The van der Waals surface area contributed by atoms with Gasteiger partial charge < -0.3 is 20.1 Å². The topological polar surface area (TPSA) is 76.7 Å². The molecule has 0 spiro atoms. The van der Waals surface area contributed by atoms with Gasteiger partial charge in [-0.3, -0.25) is 9.59 Å². The van der Waals surface area contributed by atoms with Crippen LogP contribution in [0.3, 0.4) is 0 Å². The van der Waals surface area contributed by atoms with Crippen LogP contribution in [0, 0.1) is 0 Å². The molecule has 0 aromatic heterocycles. The number of carbonyl (C=O) groups is 2. The number of methoxy groups -OCH3 is 2. The van der Waals surface area contributed by atoms with E-state index < -0.39 is 0 Å². The Morgan fingerprint density at radius 2 is 1.62 bits per heavy atom. The monoisotopic (exact) mass is 354 g/mol. The molecule has 0 heterocycles. The predicted molar refractivity (Wildman–Crippen MR) is 101 cm³/mol. The fraction of sp³-hybridized carbons (Fsp3) is 0.200. The van der Waals surface area contributed by atoms with E-state index in [-0.39, 0.29) is 11.8 Å². The highest BCUT2D eigenvalue weighted by Crippen LogP contribution is 2.23. The Kier molecular flexibility index (Phi) is 6.79. The minimum Gasteiger partial charge on any atom is -0.497 e. The lowest BCUT2D eigenvalue weighted by molar-refractivity contribution is -0.120. The van der Waals surface area contributed by atoms with Crippen molar-refractivity contribution in [2.75, 3.05) is 26.6 Å². The van der Waals surface area contributed by atoms with Gasteiger partial charge in [0.1, 0.15) is 11.5 Å². The highest BCUT2D eigenvalue weighted by Gasteiger charge is 2.03. The number of amides is 2. The van der Waals surface area contributed by atoms with E-state index in [9.17, 15) is 9.59 Å². The van der Waals surface area contributed by atoms with Crippen LogP contribution in [-0.2, 0) is 16.0 Å². The molecule has 136 valence electrons. The van der Waals surface area contributed by atoms with Crippen LogP contribution in [-0.4, -0.2) is 33.1 Å². The molecule has 0 aliphatic rings. The molecule has 0 bridgehead atoms. The zero-order valence-corrected chi connectivity index (χ0v) is 15.0. The lowest BCUT2D eigenvalue weighted by atomic mass is 10.1. The highest BCUT2D eigenvalue weighted by atomic mass is 16.5. The summed E-state index contributed by atoms with van der Waals surface area (Å²) < 4.78 is 10.4. The first-order chi connectivity index (χ1) is 12.5. The van der Waals surface area contributed by atoms with Crippen LogP contribution in [0.2, 0.25) is 0 Å². The lowest BCUT2D eigenvalue weighted by Crippen LogP contribution is -2.19. The SMILES string of the molecule is CNC(=O)Cc1ccc(NC(=O)/C=C/c2cc(OC)cc(OC)c2)cc1. The summed E-state index contributed by atoms with van der Waals surface area (Å²) >= 11 is 0. The van der Waals surface area contributed by atoms with Gasteiger partial charge in [-0.25, -0.2) is 0 Å². The Hall–Kier alpha value is -3.28. The molecule has 2 amide bonds. The van der Waals surface area contributed by atoms with Gasteiger partial charge in [-0.2, -0.15) is 0 Å². The Morgan fingerprint density at radius 1 is 1.00 bits per heavy atom. The number of carbonyl (C=O) groups excluding carboxylic acids is 2. The van der Waals surface area contributed by atoms with E-state index in [0.29, 0.717) is 23.6 Å². The summed E-state index contributed by atoms with van der Waals surface area (Å²) in [6, 6.07) is 12.5. The molecule has 0 fully saturated rings. The third-order valence-electron chi connectivity index (χ3n) is 3.67. The number of hydrogen-bond donors (Lipinski definition) is 2. The maximum absolute atomic E-state index is 12.1. The van der Waals surface area contributed by atoms with Crippen molar-refractivity contribution in [2.24, 2.45) is 0 Å². The molecule has 2 rings (SSSR count). The van der Waals surface area contributed by atoms with E-state index in [1.807, 2.05) is 12.1 Å². The van der Waals surface area contributed by atoms with Gasteiger partial charge >= 0.3 is 0 Å². The van der Waals surface area contributed by atoms with Crippen molar-refractivity contribution in [1.29, 1.82) is 0 Å². The molecule has 6 heteroatoms. The van der Waals surface area contributed by atoms with Crippen LogP contribution in [0.5, 0.6) is 11.5 Å². The zero-order valence-electron chi connectivity index (χ0n) is 15.0. The van der Waals surface area contributed by atoms with Gasteiger partial charge in [-0.1, -0.05) is 12.1 Å². The van der Waals surface area contributed by atoms with E-state index in [1.165, 1.54) is 6.08 Å². The normalized spacial score (nSPS) is 10.4. The molecule has 26 heavy (non-hydrogen) atoms. The fourth-order valence-corrected chi connectivity index (χ4v) is 2.26. The summed E-state index contributed by atoms with van der Waals surface area (Å²) in [4.78, 5) is 23.4. The second kappa shape index (κ2) is 9.27. The summed E-state index contributed by atoms with van der Waals surface area (Å²) in [6.45, 7) is 0. The smallest absolute Gasteiger partial charge is 0.248 e. The van der Waals surface area contributed by atoms with E-state index in [2.05, 4.69) is 10.6 Å². The Labute approximate surface area is 152 Å². The van der Waals surface area contributed by atoms with Crippen LogP contribution in [0.4, 0.5) is 5.69 Å². The Morgan fingerprint density at radius 3 is 2.15 bits per heavy atom. The predicted octanol–water partition coefficient (Wildman–Crippen LogP) is 2.64. The molecule has 0 saturated carbocycles. The van der Waals surface area contributed by atoms with E-state index >= 15 is 0 Å². The van der Waals surface area contributed by atoms with Gasteiger partial charge in [0, 0.05) is 24.9 Å². The first-order valence-corrected chi connectivity index (χ1v) is 8.05. The van der Waals surface area contributed by atoms with Crippen molar-refractivity contribution in [3.8, 4) is 11.5 Å². The summed E-state index contributed by atoms with van der Waals surface area (Å²) in [7, 11) is 4.74. The molecular weight excluding hydrogens is 332 g/mol. The number of hydrogen-bond acceptors (Lipinski definition) is 4. The fourth-order valence-electron chi connectivity index (χ4n) is 2.26. The minimum atomic E-state index is -0.258. The number of benzene rings is 2. The van der Waals surface area contributed by atoms with Crippen molar-refractivity contribution < 1.29 is 19.1 Å². The molecule has 0 aliphatic heterocycles. The number of anilines is 1. The Bertz CT molecular complexity index is 776.